The number of esters is 1. The monoisotopic (exact) mass is 329 g/mol. The molecule has 0 unspecified atom stereocenters. The first-order valence-electron chi connectivity index (χ1n) is 8.03. The minimum absolute atomic E-state index is 0.178. The van der Waals surface area contributed by atoms with Gasteiger partial charge in [0.05, 0.1) is 32.3 Å². The minimum atomic E-state index is -0.178. The summed E-state index contributed by atoms with van der Waals surface area (Å²) in [5.74, 6) is 0.577. The number of ether oxygens (including phenoxy) is 2. The first kappa shape index (κ1) is 17.7. The number of benzene rings is 1. The molecule has 6 nitrogen and oxygen atoms in total. The van der Waals surface area contributed by atoms with E-state index in [0.29, 0.717) is 32.4 Å². The number of nitrogens with zero attached hydrogens (tertiary/aromatic N) is 3. The van der Waals surface area contributed by atoms with E-state index in [-0.39, 0.29) is 5.97 Å². The van der Waals surface area contributed by atoms with Crippen LogP contribution in [0, 0.1) is 0 Å². The fourth-order valence-electron chi connectivity index (χ4n) is 2.37. The summed E-state index contributed by atoms with van der Waals surface area (Å²) >= 11 is 0. The summed E-state index contributed by atoms with van der Waals surface area (Å²) in [7, 11) is 1.56. The molecule has 0 atom stereocenters. The SMILES string of the molecule is CCOC(=O)CCCc1ncn(Cc2ccccc2)c1/N=C/OC. The van der Waals surface area contributed by atoms with Gasteiger partial charge in [0.25, 0.3) is 0 Å². The topological polar surface area (TPSA) is 65.7 Å². The molecule has 1 aromatic carbocycles. The van der Waals surface area contributed by atoms with Gasteiger partial charge in [0.1, 0.15) is 0 Å². The van der Waals surface area contributed by atoms with Gasteiger partial charge in [-0.2, -0.15) is 0 Å². The van der Waals surface area contributed by atoms with Crippen LogP contribution in [0.4, 0.5) is 5.82 Å². The maximum atomic E-state index is 11.4. The number of aryl methyl sites for hydroxylation is 1. The fourth-order valence-corrected chi connectivity index (χ4v) is 2.37. The Morgan fingerprint density at radius 3 is 2.83 bits per heavy atom. The van der Waals surface area contributed by atoms with Crippen molar-refractivity contribution >= 4 is 18.2 Å². The Hall–Kier alpha value is -2.63. The largest absolute Gasteiger partial charge is 0.486 e. The number of aromatic nitrogens is 2. The smallest absolute Gasteiger partial charge is 0.305 e. The van der Waals surface area contributed by atoms with Crippen LogP contribution in [-0.4, -0.2) is 35.6 Å². The molecule has 2 rings (SSSR count). The van der Waals surface area contributed by atoms with Gasteiger partial charge in [-0.25, -0.2) is 9.98 Å². The molecule has 128 valence electrons. The van der Waals surface area contributed by atoms with Gasteiger partial charge in [0.15, 0.2) is 12.2 Å². The highest BCUT2D eigenvalue weighted by Crippen LogP contribution is 2.21. The van der Waals surface area contributed by atoms with Gasteiger partial charge in [-0.1, -0.05) is 30.3 Å². The van der Waals surface area contributed by atoms with Gasteiger partial charge in [-0.05, 0) is 25.3 Å². The number of aliphatic imine (C=N–C) groups is 1. The molecule has 0 amide bonds. The molecule has 0 saturated carbocycles. The lowest BCUT2D eigenvalue weighted by atomic mass is 10.2. The highest BCUT2D eigenvalue weighted by Gasteiger charge is 2.11. The first-order valence-corrected chi connectivity index (χ1v) is 8.03. The van der Waals surface area contributed by atoms with Gasteiger partial charge in [-0.3, -0.25) is 4.79 Å². The van der Waals surface area contributed by atoms with E-state index in [4.69, 9.17) is 9.47 Å². The van der Waals surface area contributed by atoms with Gasteiger partial charge in [-0.15, -0.1) is 0 Å². The molecule has 1 aromatic heterocycles. The van der Waals surface area contributed by atoms with Crippen molar-refractivity contribution in [3.63, 3.8) is 0 Å². The molecule has 24 heavy (non-hydrogen) atoms. The summed E-state index contributed by atoms with van der Waals surface area (Å²) in [6.45, 7) is 2.90. The zero-order valence-electron chi connectivity index (χ0n) is 14.1. The molecule has 1 heterocycles. The third kappa shape index (κ3) is 5.22. The number of hydrogen-bond donors (Lipinski definition) is 0. The number of imidazole rings is 1. The van der Waals surface area contributed by atoms with Crippen LogP contribution in [0.3, 0.4) is 0 Å². The maximum absolute atomic E-state index is 11.4. The maximum Gasteiger partial charge on any atom is 0.305 e. The van der Waals surface area contributed by atoms with E-state index >= 15 is 0 Å². The average Bonchev–Trinajstić information content (AvgIpc) is 2.96. The zero-order valence-corrected chi connectivity index (χ0v) is 14.1. The van der Waals surface area contributed by atoms with Gasteiger partial charge in [0.2, 0.25) is 0 Å². The summed E-state index contributed by atoms with van der Waals surface area (Å²) in [4.78, 5) is 20.2. The Kier molecular flexibility index (Phi) is 7.01. The van der Waals surface area contributed by atoms with Gasteiger partial charge in [0, 0.05) is 6.42 Å². The van der Waals surface area contributed by atoms with Crippen molar-refractivity contribution in [3.8, 4) is 0 Å². The lowest BCUT2D eigenvalue weighted by molar-refractivity contribution is -0.143. The Morgan fingerprint density at radius 2 is 2.12 bits per heavy atom. The summed E-state index contributed by atoms with van der Waals surface area (Å²) < 4.78 is 11.9. The molecule has 0 radical (unpaired) electrons. The molecule has 0 aliphatic rings. The minimum Gasteiger partial charge on any atom is -0.486 e. The Morgan fingerprint density at radius 1 is 1.33 bits per heavy atom. The second-order valence-electron chi connectivity index (χ2n) is 5.26. The van der Waals surface area contributed by atoms with Crippen LogP contribution in [0.2, 0.25) is 0 Å². The highest BCUT2D eigenvalue weighted by atomic mass is 16.5. The number of carbonyl (C=O) groups is 1. The van der Waals surface area contributed by atoms with Crippen LogP contribution in [0.25, 0.3) is 0 Å². The molecule has 0 spiro atoms. The second kappa shape index (κ2) is 9.50. The molecule has 2 aromatic rings. The molecule has 0 saturated heterocycles. The Bertz CT molecular complexity index is 665. The zero-order chi connectivity index (χ0) is 17.2. The molecular formula is C18H23N3O3. The second-order valence-corrected chi connectivity index (χ2v) is 5.26. The number of rotatable bonds is 9. The van der Waals surface area contributed by atoms with Crippen molar-refractivity contribution in [2.24, 2.45) is 4.99 Å². The normalized spacial score (nSPS) is 10.9. The predicted molar refractivity (Wildman–Crippen MR) is 92.5 cm³/mol. The number of carbonyl (C=O) groups excluding carboxylic acids is 1. The standard InChI is InChI=1S/C18H23N3O3/c1-3-24-17(22)11-7-10-16-18(20-14-23-2)21(13-19-16)12-15-8-5-4-6-9-15/h4-6,8-9,13-14H,3,7,10-12H2,1-2H3/b20-14+. The van der Waals surface area contributed by atoms with Crippen LogP contribution < -0.4 is 0 Å². The third-order valence-corrected chi connectivity index (χ3v) is 3.46. The molecule has 0 aliphatic heterocycles. The highest BCUT2D eigenvalue weighted by molar-refractivity contribution is 5.69. The van der Waals surface area contributed by atoms with Crippen LogP contribution in [0.1, 0.15) is 31.0 Å². The van der Waals surface area contributed by atoms with Crippen molar-refractivity contribution in [1.82, 2.24) is 9.55 Å². The molecule has 0 aliphatic carbocycles. The van der Waals surface area contributed by atoms with E-state index in [9.17, 15) is 4.79 Å². The van der Waals surface area contributed by atoms with Crippen molar-refractivity contribution in [3.05, 3.63) is 47.9 Å². The number of methoxy groups -OCH3 is 1. The quantitative estimate of drug-likeness (QED) is 0.403. The molecule has 0 N–H and O–H groups in total. The first-order chi connectivity index (χ1) is 11.7. The number of hydrogen-bond acceptors (Lipinski definition) is 5. The molecule has 6 heteroatoms. The fraction of sp³-hybridized carbons (Fsp3) is 0.389. The van der Waals surface area contributed by atoms with Crippen molar-refractivity contribution in [2.45, 2.75) is 32.7 Å². The van der Waals surface area contributed by atoms with E-state index in [0.717, 1.165) is 11.5 Å². The van der Waals surface area contributed by atoms with E-state index in [1.54, 1.807) is 20.4 Å². The Labute approximate surface area is 142 Å². The van der Waals surface area contributed by atoms with Crippen molar-refractivity contribution in [2.75, 3.05) is 13.7 Å². The lowest BCUT2D eigenvalue weighted by Crippen LogP contribution is -2.04. The predicted octanol–water partition coefficient (Wildman–Crippen LogP) is 3.12. The summed E-state index contributed by atoms with van der Waals surface area (Å²) in [5.41, 5.74) is 2.02. The van der Waals surface area contributed by atoms with Crippen LogP contribution in [0.15, 0.2) is 41.7 Å². The van der Waals surface area contributed by atoms with Crippen LogP contribution >= 0.6 is 0 Å². The van der Waals surface area contributed by atoms with Crippen LogP contribution in [0.5, 0.6) is 0 Å². The summed E-state index contributed by atoms with van der Waals surface area (Å²) in [6.07, 6.45) is 4.89. The van der Waals surface area contributed by atoms with Crippen molar-refractivity contribution < 1.29 is 14.3 Å². The van der Waals surface area contributed by atoms with Gasteiger partial charge < -0.3 is 14.0 Å². The molecule has 0 bridgehead atoms. The summed E-state index contributed by atoms with van der Waals surface area (Å²) in [5, 5.41) is 0. The van der Waals surface area contributed by atoms with Gasteiger partial charge >= 0.3 is 5.97 Å². The summed E-state index contributed by atoms with van der Waals surface area (Å²) in [6, 6.07) is 10.1. The van der Waals surface area contributed by atoms with Crippen molar-refractivity contribution in [1.29, 1.82) is 0 Å². The Balaban J connectivity index is 2.07. The van der Waals surface area contributed by atoms with E-state index in [1.165, 1.54) is 12.0 Å². The molecule has 0 fully saturated rings. The lowest BCUT2D eigenvalue weighted by Gasteiger charge is -2.06. The third-order valence-electron chi connectivity index (χ3n) is 3.46. The van der Waals surface area contributed by atoms with E-state index in [1.807, 2.05) is 22.8 Å². The molecular weight excluding hydrogens is 306 g/mol. The van der Waals surface area contributed by atoms with E-state index in [2.05, 4.69) is 22.1 Å². The average molecular weight is 329 g/mol. The van der Waals surface area contributed by atoms with Crippen LogP contribution in [-0.2, 0) is 27.2 Å². The van der Waals surface area contributed by atoms with E-state index < -0.39 is 0 Å².